The van der Waals surface area contributed by atoms with Gasteiger partial charge >= 0.3 is 0 Å². The molecule has 0 N–H and O–H groups in total. The van der Waals surface area contributed by atoms with Crippen molar-refractivity contribution in [1.29, 1.82) is 0 Å². The molecule has 2 aliphatic rings. The molecule has 1 atom stereocenters. The van der Waals surface area contributed by atoms with E-state index in [9.17, 15) is 9.59 Å². The van der Waals surface area contributed by atoms with Crippen LogP contribution < -0.4 is 4.74 Å². The van der Waals surface area contributed by atoms with Crippen LogP contribution in [0.2, 0.25) is 0 Å². The second-order valence-electron chi connectivity index (χ2n) is 7.31. The summed E-state index contributed by atoms with van der Waals surface area (Å²) in [4.78, 5) is 30.0. The molecule has 1 saturated heterocycles. The normalized spacial score (nSPS) is 18.9. The zero-order valence-electron chi connectivity index (χ0n) is 16.3. The third-order valence-corrected chi connectivity index (χ3v) is 5.55. The summed E-state index contributed by atoms with van der Waals surface area (Å²) in [5.41, 5.74) is 0.861. The Morgan fingerprint density at radius 3 is 2.68 bits per heavy atom. The fraction of sp³-hybridized carbons (Fsp3) is 0.500. The van der Waals surface area contributed by atoms with Gasteiger partial charge < -0.3 is 19.1 Å². The molecule has 2 aromatic rings. The topological polar surface area (TPSA) is 80.6 Å². The van der Waals surface area contributed by atoms with Crippen molar-refractivity contribution in [3.63, 3.8) is 0 Å². The molecule has 2 amide bonds. The minimum Gasteiger partial charge on any atom is -0.497 e. The third kappa shape index (κ3) is 3.34. The number of aryl methyl sites for hydroxylation is 1. The number of nitrogens with zero attached hydrogens (tertiary/aromatic N) is 5. The molecule has 0 radical (unpaired) electrons. The van der Waals surface area contributed by atoms with E-state index in [1.54, 1.807) is 12.0 Å². The lowest BCUT2D eigenvalue weighted by Crippen LogP contribution is -2.50. The lowest BCUT2D eigenvalue weighted by molar-refractivity contribution is -0.147. The molecule has 1 aromatic heterocycles. The molecule has 4 rings (SSSR count). The summed E-state index contributed by atoms with van der Waals surface area (Å²) >= 11 is 0. The van der Waals surface area contributed by atoms with E-state index in [1.807, 2.05) is 40.7 Å². The van der Waals surface area contributed by atoms with Crippen LogP contribution >= 0.6 is 0 Å². The van der Waals surface area contributed by atoms with Gasteiger partial charge in [0.2, 0.25) is 5.91 Å². The van der Waals surface area contributed by atoms with E-state index < -0.39 is 6.04 Å². The van der Waals surface area contributed by atoms with Gasteiger partial charge in [0.15, 0.2) is 11.9 Å². The van der Waals surface area contributed by atoms with Gasteiger partial charge in [0, 0.05) is 26.2 Å². The van der Waals surface area contributed by atoms with Crippen LogP contribution in [-0.2, 0) is 22.6 Å². The number of rotatable bonds is 4. The van der Waals surface area contributed by atoms with Crippen LogP contribution in [0.15, 0.2) is 24.3 Å². The highest BCUT2D eigenvalue weighted by Gasteiger charge is 2.41. The number of amides is 2. The summed E-state index contributed by atoms with van der Waals surface area (Å²) in [6.07, 6.45) is 2.22. The molecule has 1 fully saturated rings. The van der Waals surface area contributed by atoms with Gasteiger partial charge in [0.25, 0.3) is 5.91 Å². The Morgan fingerprint density at radius 1 is 1.14 bits per heavy atom. The third-order valence-electron chi connectivity index (χ3n) is 5.55. The van der Waals surface area contributed by atoms with Crippen molar-refractivity contribution in [1.82, 2.24) is 24.6 Å². The Bertz CT molecular complexity index is 888. The number of methoxy groups -OCH3 is 1. The molecule has 8 nitrogen and oxygen atoms in total. The highest BCUT2D eigenvalue weighted by Crippen LogP contribution is 2.29. The van der Waals surface area contributed by atoms with Gasteiger partial charge in [-0.1, -0.05) is 12.1 Å². The van der Waals surface area contributed by atoms with Crippen molar-refractivity contribution in [3.8, 4) is 5.75 Å². The summed E-state index contributed by atoms with van der Waals surface area (Å²) in [6.45, 7) is 4.42. The van der Waals surface area contributed by atoms with Crippen LogP contribution in [0, 0.1) is 6.92 Å². The highest BCUT2D eigenvalue weighted by molar-refractivity contribution is 5.89. The van der Waals surface area contributed by atoms with Crippen molar-refractivity contribution >= 4 is 11.8 Å². The lowest BCUT2D eigenvalue weighted by Gasteiger charge is -2.36. The van der Waals surface area contributed by atoms with Crippen molar-refractivity contribution in [2.45, 2.75) is 38.8 Å². The van der Waals surface area contributed by atoms with E-state index in [1.165, 1.54) is 0 Å². The molecule has 2 aliphatic heterocycles. The van der Waals surface area contributed by atoms with E-state index in [2.05, 4.69) is 10.2 Å². The van der Waals surface area contributed by atoms with Crippen LogP contribution in [0.1, 0.15) is 36.1 Å². The Kier molecular flexibility index (Phi) is 5.02. The molecular formula is C20H25N5O3. The number of benzene rings is 1. The van der Waals surface area contributed by atoms with Gasteiger partial charge in [-0.15, -0.1) is 10.2 Å². The quantitative estimate of drug-likeness (QED) is 0.796. The first-order valence-corrected chi connectivity index (χ1v) is 9.69. The van der Waals surface area contributed by atoms with Gasteiger partial charge in [0.1, 0.15) is 11.6 Å². The molecule has 8 heteroatoms. The minimum atomic E-state index is -0.703. The van der Waals surface area contributed by atoms with Gasteiger partial charge in [-0.3, -0.25) is 9.59 Å². The number of aromatic nitrogens is 3. The molecule has 1 aromatic carbocycles. The molecule has 0 spiro atoms. The number of hydrogen-bond acceptors (Lipinski definition) is 5. The molecule has 148 valence electrons. The Labute approximate surface area is 164 Å². The van der Waals surface area contributed by atoms with E-state index in [-0.39, 0.29) is 18.2 Å². The highest BCUT2D eigenvalue weighted by atomic mass is 16.5. The first-order valence-electron chi connectivity index (χ1n) is 9.69. The van der Waals surface area contributed by atoms with E-state index in [0.29, 0.717) is 24.7 Å². The standard InChI is InChI=1S/C20H25N5O3/c1-14-21-22-19-18(20(27)23-8-3-4-9-23)25(11-10-24(14)19)17(26)13-15-6-5-7-16(12-15)28-2/h5-7,12,18H,3-4,8-11,13H2,1-2H3. The van der Waals surface area contributed by atoms with Crippen molar-refractivity contribution < 1.29 is 14.3 Å². The maximum absolute atomic E-state index is 13.3. The van der Waals surface area contributed by atoms with E-state index in [0.717, 1.165) is 37.3 Å². The summed E-state index contributed by atoms with van der Waals surface area (Å²) in [5.74, 6) is 1.92. The molecule has 0 bridgehead atoms. The molecule has 1 unspecified atom stereocenters. The zero-order valence-corrected chi connectivity index (χ0v) is 16.3. The number of likely N-dealkylation sites (tertiary alicyclic amines) is 1. The lowest BCUT2D eigenvalue weighted by atomic mass is 10.1. The van der Waals surface area contributed by atoms with E-state index >= 15 is 0 Å². The number of hydrogen-bond donors (Lipinski definition) is 0. The predicted molar refractivity (Wildman–Crippen MR) is 102 cm³/mol. The average molecular weight is 383 g/mol. The minimum absolute atomic E-state index is 0.0511. The average Bonchev–Trinajstić information content (AvgIpc) is 3.37. The van der Waals surface area contributed by atoms with Crippen LogP contribution in [0.5, 0.6) is 5.75 Å². The SMILES string of the molecule is COc1cccc(CC(=O)N2CCn3c(C)nnc3C2C(=O)N2CCCC2)c1. The summed E-state index contributed by atoms with van der Waals surface area (Å²) in [6, 6.07) is 6.76. The van der Waals surface area contributed by atoms with Crippen LogP contribution in [0.25, 0.3) is 0 Å². The van der Waals surface area contributed by atoms with Gasteiger partial charge in [-0.05, 0) is 37.5 Å². The monoisotopic (exact) mass is 383 g/mol. The molecule has 0 aliphatic carbocycles. The van der Waals surface area contributed by atoms with E-state index in [4.69, 9.17) is 4.74 Å². The fourth-order valence-corrected chi connectivity index (χ4v) is 4.03. The first kappa shape index (κ1) is 18.5. The van der Waals surface area contributed by atoms with Crippen molar-refractivity contribution in [3.05, 3.63) is 41.5 Å². The second kappa shape index (κ2) is 7.61. The number of ether oxygens (including phenoxy) is 1. The zero-order chi connectivity index (χ0) is 19.7. The first-order chi connectivity index (χ1) is 13.6. The summed E-state index contributed by atoms with van der Waals surface area (Å²) in [5, 5.41) is 8.39. The summed E-state index contributed by atoms with van der Waals surface area (Å²) < 4.78 is 7.20. The van der Waals surface area contributed by atoms with Gasteiger partial charge in [0.05, 0.1) is 13.5 Å². The van der Waals surface area contributed by atoms with Gasteiger partial charge in [-0.2, -0.15) is 0 Å². The maximum atomic E-state index is 13.3. The molecule has 3 heterocycles. The largest absolute Gasteiger partial charge is 0.497 e. The molecule has 28 heavy (non-hydrogen) atoms. The summed E-state index contributed by atoms with van der Waals surface area (Å²) in [7, 11) is 1.60. The fourth-order valence-electron chi connectivity index (χ4n) is 4.03. The number of carbonyl (C=O) groups excluding carboxylic acids is 2. The number of carbonyl (C=O) groups is 2. The number of fused-ring (bicyclic) bond motifs is 1. The van der Waals surface area contributed by atoms with Gasteiger partial charge in [-0.25, -0.2) is 0 Å². The smallest absolute Gasteiger partial charge is 0.253 e. The molecular weight excluding hydrogens is 358 g/mol. The Hall–Kier alpha value is -2.90. The van der Waals surface area contributed by atoms with Crippen molar-refractivity contribution in [2.75, 3.05) is 26.7 Å². The maximum Gasteiger partial charge on any atom is 0.253 e. The second-order valence-corrected chi connectivity index (χ2v) is 7.31. The van der Waals surface area contributed by atoms with Crippen LogP contribution in [0.3, 0.4) is 0 Å². The van der Waals surface area contributed by atoms with Crippen LogP contribution in [-0.4, -0.2) is 63.1 Å². The van der Waals surface area contributed by atoms with Crippen LogP contribution in [0.4, 0.5) is 0 Å². The Balaban J connectivity index is 1.62. The predicted octanol–water partition coefficient (Wildman–Crippen LogP) is 1.34. The Morgan fingerprint density at radius 2 is 1.93 bits per heavy atom. The van der Waals surface area contributed by atoms with Crippen molar-refractivity contribution in [2.24, 2.45) is 0 Å². The molecule has 0 saturated carbocycles.